The molecule has 0 bridgehead atoms. The quantitative estimate of drug-likeness (QED) is 0.865. The van der Waals surface area contributed by atoms with E-state index in [1.807, 2.05) is 18.2 Å². The van der Waals surface area contributed by atoms with Crippen LogP contribution >= 0.6 is 11.6 Å². The highest BCUT2D eigenvalue weighted by molar-refractivity contribution is 6.32. The van der Waals surface area contributed by atoms with Crippen molar-refractivity contribution in [1.29, 1.82) is 0 Å². The van der Waals surface area contributed by atoms with Gasteiger partial charge in [-0.1, -0.05) is 29.3 Å². The summed E-state index contributed by atoms with van der Waals surface area (Å²) in [6.45, 7) is 3.09. The molecule has 0 heterocycles. The van der Waals surface area contributed by atoms with E-state index in [1.54, 1.807) is 7.11 Å². The lowest BCUT2D eigenvalue weighted by Gasteiger charge is -2.05. The number of hydrogen-bond acceptors (Lipinski definition) is 2. The smallest absolute Gasteiger partial charge is 0.137 e. The van der Waals surface area contributed by atoms with Gasteiger partial charge in [-0.25, -0.2) is 0 Å². The van der Waals surface area contributed by atoms with E-state index in [-0.39, 0.29) is 0 Å². The summed E-state index contributed by atoms with van der Waals surface area (Å²) in [6, 6.07) is 6.60. The molecule has 0 spiro atoms. The second-order valence-corrected chi connectivity index (χ2v) is 4.95. The lowest BCUT2D eigenvalue weighted by atomic mass is 10.1. The summed E-state index contributed by atoms with van der Waals surface area (Å²) in [7, 11) is 1.63. The minimum Gasteiger partial charge on any atom is -0.495 e. The predicted octanol–water partition coefficient (Wildman–Crippen LogP) is 3.50. The molecule has 1 aromatic rings. The third-order valence-corrected chi connectivity index (χ3v) is 3.13. The topological polar surface area (TPSA) is 21.3 Å². The Labute approximate surface area is 108 Å². The van der Waals surface area contributed by atoms with E-state index in [0.29, 0.717) is 5.02 Å². The number of halogens is 1. The Morgan fingerprint density at radius 2 is 2.29 bits per heavy atom. The summed E-state index contributed by atoms with van der Waals surface area (Å²) < 4.78 is 5.13. The molecule has 2 rings (SSSR count). The van der Waals surface area contributed by atoms with Crippen LogP contribution in [0.3, 0.4) is 0 Å². The van der Waals surface area contributed by atoms with Crippen molar-refractivity contribution in [2.45, 2.75) is 25.8 Å². The van der Waals surface area contributed by atoms with Gasteiger partial charge in [0, 0.05) is 12.6 Å². The fraction of sp³-hybridized carbons (Fsp3) is 0.429. The zero-order valence-corrected chi connectivity index (χ0v) is 11.1. The average Bonchev–Trinajstić information content (AvgIpc) is 3.10. The van der Waals surface area contributed by atoms with Gasteiger partial charge >= 0.3 is 0 Å². The van der Waals surface area contributed by atoms with E-state index >= 15 is 0 Å². The van der Waals surface area contributed by atoms with Gasteiger partial charge in [0.25, 0.3) is 0 Å². The molecule has 0 saturated heterocycles. The standard InChI is InChI=1S/C14H18ClNO/c1-10(9-16-12-4-5-12)7-11-3-6-14(17-2)13(15)8-11/h3,6-8,12,16H,4-5,9H2,1-2H3. The third kappa shape index (κ3) is 3.76. The number of rotatable bonds is 5. The Hall–Kier alpha value is -0.990. The van der Waals surface area contributed by atoms with Crippen LogP contribution in [0.2, 0.25) is 5.02 Å². The Morgan fingerprint density at radius 1 is 1.53 bits per heavy atom. The van der Waals surface area contributed by atoms with Crippen molar-refractivity contribution < 1.29 is 4.74 Å². The maximum Gasteiger partial charge on any atom is 0.137 e. The molecule has 0 unspecified atom stereocenters. The van der Waals surface area contributed by atoms with Crippen molar-refractivity contribution in [2.24, 2.45) is 0 Å². The van der Waals surface area contributed by atoms with E-state index < -0.39 is 0 Å². The Kier molecular flexibility index (Phi) is 4.08. The minimum atomic E-state index is 0.657. The summed E-state index contributed by atoms with van der Waals surface area (Å²) in [5.74, 6) is 0.720. The molecule has 0 radical (unpaired) electrons. The molecule has 3 heteroatoms. The molecule has 1 N–H and O–H groups in total. The van der Waals surface area contributed by atoms with Gasteiger partial charge in [-0.05, 0) is 37.5 Å². The van der Waals surface area contributed by atoms with Gasteiger partial charge in [0.05, 0.1) is 12.1 Å². The minimum absolute atomic E-state index is 0.657. The molecule has 1 aliphatic carbocycles. The van der Waals surface area contributed by atoms with Gasteiger partial charge in [0.2, 0.25) is 0 Å². The number of methoxy groups -OCH3 is 1. The van der Waals surface area contributed by atoms with E-state index in [2.05, 4.69) is 18.3 Å². The van der Waals surface area contributed by atoms with E-state index in [1.165, 1.54) is 18.4 Å². The normalized spacial score (nSPS) is 16.1. The van der Waals surface area contributed by atoms with Crippen LogP contribution in [0.4, 0.5) is 0 Å². The van der Waals surface area contributed by atoms with Crippen LogP contribution in [0.15, 0.2) is 23.8 Å². The maximum atomic E-state index is 6.08. The zero-order chi connectivity index (χ0) is 12.3. The summed E-state index contributed by atoms with van der Waals surface area (Å²) >= 11 is 6.08. The lowest BCUT2D eigenvalue weighted by molar-refractivity contribution is 0.415. The van der Waals surface area contributed by atoms with Crippen LogP contribution in [0.5, 0.6) is 5.75 Å². The lowest BCUT2D eigenvalue weighted by Crippen LogP contribution is -2.18. The molecule has 92 valence electrons. The summed E-state index contributed by atoms with van der Waals surface area (Å²) in [6.07, 6.45) is 4.80. The van der Waals surface area contributed by atoms with E-state index in [9.17, 15) is 0 Å². The highest BCUT2D eigenvalue weighted by Crippen LogP contribution is 2.26. The first-order valence-corrected chi connectivity index (χ1v) is 6.31. The fourth-order valence-corrected chi connectivity index (χ4v) is 1.97. The fourth-order valence-electron chi connectivity index (χ4n) is 1.70. The Morgan fingerprint density at radius 3 is 2.88 bits per heavy atom. The molecule has 17 heavy (non-hydrogen) atoms. The van der Waals surface area contributed by atoms with Crippen LogP contribution in [0.25, 0.3) is 6.08 Å². The van der Waals surface area contributed by atoms with Crippen LogP contribution in [-0.2, 0) is 0 Å². The summed E-state index contributed by atoms with van der Waals surface area (Å²) in [5, 5.41) is 4.14. The van der Waals surface area contributed by atoms with Crippen molar-refractivity contribution in [3.05, 3.63) is 34.4 Å². The molecule has 1 fully saturated rings. The van der Waals surface area contributed by atoms with Gasteiger partial charge in [-0.3, -0.25) is 0 Å². The van der Waals surface area contributed by atoms with Crippen molar-refractivity contribution in [2.75, 3.05) is 13.7 Å². The molecule has 0 amide bonds. The SMILES string of the molecule is COc1ccc(C=C(C)CNC2CC2)cc1Cl. The maximum absolute atomic E-state index is 6.08. The van der Waals surface area contributed by atoms with Crippen molar-refractivity contribution in [3.8, 4) is 5.75 Å². The molecular weight excluding hydrogens is 234 g/mol. The molecule has 1 aromatic carbocycles. The molecule has 1 aliphatic rings. The first-order chi connectivity index (χ1) is 8.19. The number of nitrogens with one attached hydrogen (secondary N) is 1. The van der Waals surface area contributed by atoms with Gasteiger partial charge in [-0.15, -0.1) is 0 Å². The van der Waals surface area contributed by atoms with Gasteiger partial charge in [0.1, 0.15) is 5.75 Å². The van der Waals surface area contributed by atoms with Crippen molar-refractivity contribution >= 4 is 17.7 Å². The second kappa shape index (κ2) is 5.56. The molecule has 1 saturated carbocycles. The number of hydrogen-bond donors (Lipinski definition) is 1. The monoisotopic (exact) mass is 251 g/mol. The molecule has 0 aliphatic heterocycles. The van der Waals surface area contributed by atoms with Crippen LogP contribution in [0.1, 0.15) is 25.3 Å². The van der Waals surface area contributed by atoms with E-state index in [0.717, 1.165) is 23.9 Å². The van der Waals surface area contributed by atoms with Gasteiger partial charge in [0.15, 0.2) is 0 Å². The van der Waals surface area contributed by atoms with Crippen LogP contribution < -0.4 is 10.1 Å². The number of benzene rings is 1. The Bertz CT molecular complexity index is 424. The first-order valence-electron chi connectivity index (χ1n) is 5.93. The van der Waals surface area contributed by atoms with Crippen LogP contribution in [0, 0.1) is 0 Å². The average molecular weight is 252 g/mol. The molecule has 2 nitrogen and oxygen atoms in total. The largest absolute Gasteiger partial charge is 0.495 e. The van der Waals surface area contributed by atoms with Crippen molar-refractivity contribution in [3.63, 3.8) is 0 Å². The second-order valence-electron chi connectivity index (χ2n) is 4.54. The number of ether oxygens (including phenoxy) is 1. The first kappa shape index (κ1) is 12.5. The van der Waals surface area contributed by atoms with E-state index in [4.69, 9.17) is 16.3 Å². The molecule has 0 atom stereocenters. The third-order valence-electron chi connectivity index (χ3n) is 2.84. The highest BCUT2D eigenvalue weighted by atomic mass is 35.5. The highest BCUT2D eigenvalue weighted by Gasteiger charge is 2.19. The Balaban J connectivity index is 2.00. The van der Waals surface area contributed by atoms with Gasteiger partial charge in [-0.2, -0.15) is 0 Å². The van der Waals surface area contributed by atoms with Crippen molar-refractivity contribution in [1.82, 2.24) is 5.32 Å². The molecular formula is C14H18ClNO. The predicted molar refractivity (Wildman–Crippen MR) is 72.7 cm³/mol. The zero-order valence-electron chi connectivity index (χ0n) is 10.3. The van der Waals surface area contributed by atoms with Crippen LogP contribution in [-0.4, -0.2) is 19.7 Å². The van der Waals surface area contributed by atoms with Gasteiger partial charge < -0.3 is 10.1 Å². The summed E-state index contributed by atoms with van der Waals surface area (Å²) in [4.78, 5) is 0. The molecule has 0 aromatic heterocycles. The summed E-state index contributed by atoms with van der Waals surface area (Å²) in [5.41, 5.74) is 2.43.